The van der Waals surface area contributed by atoms with Gasteiger partial charge >= 0.3 is 19.8 Å². The summed E-state index contributed by atoms with van der Waals surface area (Å²) < 4.78 is 34.8. The molecule has 0 aliphatic heterocycles. The highest BCUT2D eigenvalue weighted by atomic mass is 31.2. The van der Waals surface area contributed by atoms with E-state index < -0.39 is 26.5 Å². The number of esters is 2. The Bertz CT molecular complexity index is 2220. The maximum Gasteiger partial charge on any atom is 0.472 e. The van der Waals surface area contributed by atoms with Gasteiger partial charge in [-0.3, -0.25) is 18.6 Å². The quantitative estimate of drug-likeness (QED) is 0.0211. The molecular weight excluding hydrogens is 1230 g/mol. The van der Waals surface area contributed by atoms with Crippen molar-refractivity contribution in [3.8, 4) is 0 Å². The Balaban J connectivity index is 3.99. The Kier molecular flexibility index (Phi) is 73.4. The molecule has 0 bridgehead atoms. The molecule has 0 aromatic rings. The second-order valence-corrected chi connectivity index (χ2v) is 29.1. The monoisotopic (exact) mass is 1380 g/mol. The van der Waals surface area contributed by atoms with Gasteiger partial charge in [-0.1, -0.05) is 358 Å². The van der Waals surface area contributed by atoms with Crippen LogP contribution in [0.15, 0.2) is 158 Å². The molecule has 0 spiro atoms. The normalized spacial score (nSPS) is 13.9. The molecule has 10 heteroatoms. The van der Waals surface area contributed by atoms with Crippen LogP contribution in [0.4, 0.5) is 0 Å². The molecule has 0 aliphatic rings. The Labute approximate surface area is 605 Å². The lowest BCUT2D eigenvalue weighted by Gasteiger charge is -2.24. The summed E-state index contributed by atoms with van der Waals surface area (Å²) >= 11 is 0. The number of hydrogen-bond acceptors (Lipinski definition) is 7. The van der Waals surface area contributed by atoms with E-state index in [9.17, 15) is 19.0 Å². The number of rotatable bonds is 73. The average Bonchev–Trinajstić information content (AvgIpc) is 1.23. The lowest BCUT2D eigenvalue weighted by molar-refractivity contribution is -0.870. The standard InChI is InChI=1S/C88H150NO8P/c1-6-8-10-12-14-16-18-20-22-24-26-28-30-32-34-36-38-40-42-43-44-45-47-49-51-53-55-57-59-61-63-65-67-69-71-73-75-77-79-81-88(91)97-86(85-96-98(92,93)95-83-82-89(3,4)5)84-94-87(90)80-78-76-74-72-70-68-66-64-62-60-58-56-54-52-50-48-46-41-39-37-35-33-31-29-27-25-23-21-19-17-15-13-11-9-7-2/h8-11,14-17,20-23,26-29,32-35,38,40,43-44,47,49,86H,6-7,12-13,18-19,24-25,30-31,36-37,39,41-42,45-46,48,50-85H2,1-5H3/p+1/b10-8-,11-9-,16-14-,17-15-,22-20-,23-21-,28-26-,29-27-,34-32-,35-33-,40-38-,44-43-,49-47-. The molecule has 0 aliphatic carbocycles. The van der Waals surface area contributed by atoms with E-state index in [1.54, 1.807) is 0 Å². The number of carbonyl (C=O) groups excluding carboxylic acids is 2. The van der Waals surface area contributed by atoms with Gasteiger partial charge in [0.25, 0.3) is 0 Å². The fourth-order valence-corrected chi connectivity index (χ4v) is 11.7. The molecule has 560 valence electrons. The molecule has 0 amide bonds. The number of phosphoric acid groups is 1. The first-order valence-corrected chi connectivity index (χ1v) is 41.7. The van der Waals surface area contributed by atoms with Gasteiger partial charge < -0.3 is 18.9 Å². The van der Waals surface area contributed by atoms with E-state index in [-0.39, 0.29) is 32.0 Å². The molecule has 0 fully saturated rings. The lowest BCUT2D eigenvalue weighted by atomic mass is 10.0. The molecule has 0 aromatic heterocycles. The van der Waals surface area contributed by atoms with Gasteiger partial charge in [-0.2, -0.15) is 0 Å². The third-order valence-corrected chi connectivity index (χ3v) is 18.0. The number of nitrogens with zero attached hydrogens (tertiary/aromatic N) is 1. The van der Waals surface area contributed by atoms with Gasteiger partial charge in [-0.15, -0.1) is 0 Å². The SMILES string of the molecule is CC/C=C\C/C=C\C/C=C\C/C=C\C/C=C\C/C=C\C/C=C\C/C=C\CCCCCCCCCCCCCCCCC(=O)OC(COC(=O)CCCCCCCCCCCCCCCCCCCCC/C=C\C/C=C\C/C=C\C/C=C\C/C=C\CC)COP(=O)(O)OCC[N+](C)(C)C. The fourth-order valence-electron chi connectivity index (χ4n) is 11.0. The van der Waals surface area contributed by atoms with E-state index in [0.717, 1.165) is 122 Å². The number of unbranched alkanes of at least 4 members (excludes halogenated alkanes) is 33. The van der Waals surface area contributed by atoms with Crippen molar-refractivity contribution in [1.82, 2.24) is 0 Å². The van der Waals surface area contributed by atoms with Crippen LogP contribution in [0.2, 0.25) is 0 Å². The van der Waals surface area contributed by atoms with Crippen molar-refractivity contribution in [2.75, 3.05) is 47.5 Å². The highest BCUT2D eigenvalue weighted by Crippen LogP contribution is 2.43. The zero-order valence-corrected chi connectivity index (χ0v) is 64.9. The van der Waals surface area contributed by atoms with Gasteiger partial charge in [0.1, 0.15) is 19.8 Å². The number of carbonyl (C=O) groups is 2. The molecule has 2 atom stereocenters. The number of ether oxygens (including phenoxy) is 2. The van der Waals surface area contributed by atoms with Crippen LogP contribution in [0, 0.1) is 0 Å². The third kappa shape index (κ3) is 80.6. The molecule has 0 saturated carbocycles. The first-order valence-electron chi connectivity index (χ1n) is 40.2. The third-order valence-electron chi connectivity index (χ3n) is 17.1. The zero-order chi connectivity index (χ0) is 71.1. The van der Waals surface area contributed by atoms with Crippen molar-refractivity contribution >= 4 is 19.8 Å². The van der Waals surface area contributed by atoms with Crippen LogP contribution in [0.25, 0.3) is 0 Å². The van der Waals surface area contributed by atoms with Gasteiger partial charge in [0.15, 0.2) is 6.10 Å². The van der Waals surface area contributed by atoms with Gasteiger partial charge in [-0.05, 0) is 122 Å². The minimum Gasteiger partial charge on any atom is -0.462 e. The fraction of sp³-hybridized carbons (Fsp3) is 0.682. The smallest absolute Gasteiger partial charge is 0.462 e. The van der Waals surface area contributed by atoms with Gasteiger partial charge in [0, 0.05) is 12.8 Å². The lowest BCUT2D eigenvalue weighted by Crippen LogP contribution is -2.37. The molecule has 0 rings (SSSR count). The van der Waals surface area contributed by atoms with E-state index >= 15 is 0 Å². The second kappa shape index (κ2) is 76.8. The van der Waals surface area contributed by atoms with Gasteiger partial charge in [0.05, 0.1) is 27.7 Å². The molecule has 0 radical (unpaired) electrons. The molecule has 0 aromatic carbocycles. The summed E-state index contributed by atoms with van der Waals surface area (Å²) in [5.41, 5.74) is 0. The summed E-state index contributed by atoms with van der Waals surface area (Å²) in [6.45, 7) is 4.23. The van der Waals surface area contributed by atoms with E-state index in [1.165, 1.54) is 180 Å². The predicted octanol–water partition coefficient (Wildman–Crippen LogP) is 27.1. The Hall–Kier alpha value is -4.37. The number of quaternary nitrogens is 1. The predicted molar refractivity (Wildman–Crippen MR) is 426 cm³/mol. The molecule has 9 nitrogen and oxygen atoms in total. The largest absolute Gasteiger partial charge is 0.472 e. The molecule has 0 heterocycles. The molecule has 0 saturated heterocycles. The molecule has 2 unspecified atom stereocenters. The van der Waals surface area contributed by atoms with Crippen molar-refractivity contribution in [3.63, 3.8) is 0 Å². The van der Waals surface area contributed by atoms with Crippen LogP contribution in [0.3, 0.4) is 0 Å². The summed E-state index contributed by atoms with van der Waals surface area (Å²) in [6.07, 6.45) is 115. The highest BCUT2D eigenvalue weighted by Gasteiger charge is 2.27. The molecule has 98 heavy (non-hydrogen) atoms. The summed E-state index contributed by atoms with van der Waals surface area (Å²) in [5, 5.41) is 0. The topological polar surface area (TPSA) is 108 Å². The summed E-state index contributed by atoms with van der Waals surface area (Å²) in [6, 6.07) is 0. The average molecular weight is 1380 g/mol. The van der Waals surface area contributed by atoms with Crippen molar-refractivity contribution in [2.45, 2.75) is 341 Å². The first-order chi connectivity index (χ1) is 48.0. The first kappa shape index (κ1) is 93.6. The number of phosphoric ester groups is 1. The van der Waals surface area contributed by atoms with Crippen LogP contribution in [-0.2, 0) is 32.7 Å². The molecule has 1 N–H and O–H groups in total. The van der Waals surface area contributed by atoms with Crippen LogP contribution in [-0.4, -0.2) is 74.9 Å². The van der Waals surface area contributed by atoms with Crippen molar-refractivity contribution in [1.29, 1.82) is 0 Å². The maximum atomic E-state index is 12.9. The van der Waals surface area contributed by atoms with Crippen molar-refractivity contribution in [3.05, 3.63) is 158 Å². The van der Waals surface area contributed by atoms with E-state index in [0.29, 0.717) is 17.4 Å². The highest BCUT2D eigenvalue weighted by molar-refractivity contribution is 7.47. The van der Waals surface area contributed by atoms with Gasteiger partial charge in [-0.25, -0.2) is 4.57 Å². The van der Waals surface area contributed by atoms with Crippen LogP contribution in [0.5, 0.6) is 0 Å². The van der Waals surface area contributed by atoms with Crippen molar-refractivity contribution in [2.24, 2.45) is 0 Å². The molecular formula is C88H151NO8P+. The Morgan fingerprint density at radius 3 is 0.816 bits per heavy atom. The van der Waals surface area contributed by atoms with E-state index in [4.69, 9.17) is 18.5 Å². The minimum absolute atomic E-state index is 0.0273. The van der Waals surface area contributed by atoms with Crippen LogP contribution < -0.4 is 0 Å². The Morgan fingerprint density at radius 1 is 0.316 bits per heavy atom. The number of allylic oxidation sites excluding steroid dienone is 26. The Morgan fingerprint density at radius 2 is 0.551 bits per heavy atom. The second-order valence-electron chi connectivity index (χ2n) is 27.7. The number of likely N-dealkylation sites (N-methyl/N-ethyl adjacent to an activating group) is 1. The summed E-state index contributed by atoms with van der Waals surface area (Å²) in [7, 11) is 1.48. The minimum atomic E-state index is -4.40. The maximum absolute atomic E-state index is 12.9. The zero-order valence-electron chi connectivity index (χ0n) is 64.0. The van der Waals surface area contributed by atoms with Crippen LogP contribution >= 0.6 is 7.82 Å². The van der Waals surface area contributed by atoms with E-state index in [1.807, 2.05) is 21.1 Å². The summed E-state index contributed by atoms with van der Waals surface area (Å²) in [4.78, 5) is 36.0. The number of hydrogen-bond donors (Lipinski definition) is 1. The van der Waals surface area contributed by atoms with Crippen molar-refractivity contribution < 1.29 is 42.1 Å². The van der Waals surface area contributed by atoms with Crippen LogP contribution in [0.1, 0.15) is 335 Å². The van der Waals surface area contributed by atoms with E-state index in [2.05, 4.69) is 172 Å². The summed E-state index contributed by atoms with van der Waals surface area (Å²) in [5.74, 6) is -0.792. The van der Waals surface area contributed by atoms with Gasteiger partial charge in [0.2, 0.25) is 0 Å².